The SMILES string of the molecule is c1ccc(N2c3ccccc3[C@H]3CNCC[C@H]32)cc1. The molecular weight excluding hydrogens is 232 g/mol. The Bertz CT molecular complexity index is 579. The van der Waals surface area contributed by atoms with Crippen LogP contribution >= 0.6 is 0 Å². The van der Waals surface area contributed by atoms with Gasteiger partial charge in [-0.3, -0.25) is 0 Å². The highest BCUT2D eigenvalue weighted by molar-refractivity contribution is 5.72. The van der Waals surface area contributed by atoms with Gasteiger partial charge in [-0.2, -0.15) is 0 Å². The normalized spacial score (nSPS) is 24.9. The number of fused-ring (bicyclic) bond motifs is 3. The van der Waals surface area contributed by atoms with Crippen molar-refractivity contribution < 1.29 is 0 Å². The molecule has 2 heterocycles. The molecule has 2 aliphatic rings. The van der Waals surface area contributed by atoms with Crippen LogP contribution < -0.4 is 10.2 Å². The molecule has 2 atom stereocenters. The Morgan fingerprint density at radius 3 is 2.63 bits per heavy atom. The quantitative estimate of drug-likeness (QED) is 0.835. The summed E-state index contributed by atoms with van der Waals surface area (Å²) in [4.78, 5) is 2.54. The molecule has 19 heavy (non-hydrogen) atoms. The van der Waals surface area contributed by atoms with Gasteiger partial charge in [-0.05, 0) is 36.7 Å². The van der Waals surface area contributed by atoms with E-state index < -0.39 is 0 Å². The molecule has 0 aromatic heterocycles. The third-order valence-electron chi connectivity index (χ3n) is 4.41. The van der Waals surface area contributed by atoms with Gasteiger partial charge in [-0.25, -0.2) is 0 Å². The third-order valence-corrected chi connectivity index (χ3v) is 4.41. The fourth-order valence-corrected chi connectivity index (χ4v) is 3.59. The van der Waals surface area contributed by atoms with Gasteiger partial charge in [0.05, 0.1) is 0 Å². The van der Waals surface area contributed by atoms with E-state index in [1.54, 1.807) is 0 Å². The zero-order valence-electron chi connectivity index (χ0n) is 10.9. The van der Waals surface area contributed by atoms with Crippen molar-refractivity contribution in [1.82, 2.24) is 5.32 Å². The average molecular weight is 250 g/mol. The first-order valence-corrected chi connectivity index (χ1v) is 7.09. The van der Waals surface area contributed by atoms with Gasteiger partial charge in [-0.15, -0.1) is 0 Å². The summed E-state index contributed by atoms with van der Waals surface area (Å²) in [6.45, 7) is 2.23. The highest BCUT2D eigenvalue weighted by Gasteiger charge is 2.39. The van der Waals surface area contributed by atoms with Crippen LogP contribution in [0.2, 0.25) is 0 Å². The lowest BCUT2D eigenvalue weighted by Gasteiger charge is -2.34. The summed E-state index contributed by atoms with van der Waals surface area (Å²) < 4.78 is 0. The fraction of sp³-hybridized carbons (Fsp3) is 0.294. The first-order chi connectivity index (χ1) is 9.45. The molecule has 2 heteroatoms. The van der Waals surface area contributed by atoms with Crippen LogP contribution in [-0.4, -0.2) is 19.1 Å². The second-order valence-electron chi connectivity index (χ2n) is 5.43. The first-order valence-electron chi connectivity index (χ1n) is 7.09. The first kappa shape index (κ1) is 11.1. The van der Waals surface area contributed by atoms with E-state index in [2.05, 4.69) is 64.8 Å². The second-order valence-corrected chi connectivity index (χ2v) is 5.43. The van der Waals surface area contributed by atoms with Crippen LogP contribution in [-0.2, 0) is 0 Å². The van der Waals surface area contributed by atoms with E-state index in [9.17, 15) is 0 Å². The Morgan fingerprint density at radius 2 is 1.74 bits per heavy atom. The van der Waals surface area contributed by atoms with Crippen molar-refractivity contribution in [2.24, 2.45) is 0 Å². The van der Waals surface area contributed by atoms with Crippen LogP contribution in [0.4, 0.5) is 11.4 Å². The lowest BCUT2D eigenvalue weighted by Crippen LogP contribution is -2.42. The summed E-state index contributed by atoms with van der Waals surface area (Å²) in [6.07, 6.45) is 1.22. The monoisotopic (exact) mass is 250 g/mol. The Kier molecular flexibility index (Phi) is 2.56. The van der Waals surface area contributed by atoms with Crippen molar-refractivity contribution in [3.05, 3.63) is 60.2 Å². The molecular formula is C17H18N2. The van der Waals surface area contributed by atoms with E-state index in [0.29, 0.717) is 12.0 Å². The molecule has 0 saturated carbocycles. The highest BCUT2D eigenvalue weighted by Crippen LogP contribution is 2.46. The zero-order valence-corrected chi connectivity index (χ0v) is 10.9. The fourth-order valence-electron chi connectivity index (χ4n) is 3.59. The molecule has 4 rings (SSSR count). The van der Waals surface area contributed by atoms with Gasteiger partial charge in [-0.1, -0.05) is 36.4 Å². The van der Waals surface area contributed by atoms with E-state index >= 15 is 0 Å². The Morgan fingerprint density at radius 1 is 0.947 bits per heavy atom. The Balaban J connectivity index is 1.85. The molecule has 2 aliphatic heterocycles. The molecule has 0 bridgehead atoms. The van der Waals surface area contributed by atoms with Crippen molar-refractivity contribution >= 4 is 11.4 Å². The number of anilines is 2. The number of hydrogen-bond acceptors (Lipinski definition) is 2. The van der Waals surface area contributed by atoms with Crippen LogP contribution in [0.1, 0.15) is 17.9 Å². The van der Waals surface area contributed by atoms with Gasteiger partial charge in [0.25, 0.3) is 0 Å². The van der Waals surface area contributed by atoms with Crippen molar-refractivity contribution in [2.45, 2.75) is 18.4 Å². The van der Waals surface area contributed by atoms with Gasteiger partial charge in [0.15, 0.2) is 0 Å². The van der Waals surface area contributed by atoms with Gasteiger partial charge in [0.2, 0.25) is 0 Å². The molecule has 1 N–H and O–H groups in total. The number of rotatable bonds is 1. The zero-order chi connectivity index (χ0) is 12.7. The van der Waals surface area contributed by atoms with Crippen LogP contribution in [0.15, 0.2) is 54.6 Å². The van der Waals surface area contributed by atoms with Crippen LogP contribution in [0.3, 0.4) is 0 Å². The molecule has 0 radical (unpaired) electrons. The second kappa shape index (κ2) is 4.39. The van der Waals surface area contributed by atoms with Crippen molar-refractivity contribution in [2.75, 3.05) is 18.0 Å². The summed E-state index contributed by atoms with van der Waals surface area (Å²) in [5.41, 5.74) is 4.22. The van der Waals surface area contributed by atoms with Gasteiger partial charge in [0, 0.05) is 29.9 Å². The number of piperidine rings is 1. The summed E-state index contributed by atoms with van der Waals surface area (Å²) in [7, 11) is 0. The van der Waals surface area contributed by atoms with Crippen LogP contribution in [0, 0.1) is 0 Å². The molecule has 2 aromatic rings. The maximum atomic E-state index is 3.54. The van der Waals surface area contributed by atoms with E-state index in [1.165, 1.54) is 23.4 Å². The largest absolute Gasteiger partial charge is 0.337 e. The molecule has 0 spiro atoms. The average Bonchev–Trinajstić information content (AvgIpc) is 2.83. The van der Waals surface area contributed by atoms with Gasteiger partial charge in [0.1, 0.15) is 0 Å². The summed E-state index contributed by atoms with van der Waals surface area (Å²) in [6, 6.07) is 20.3. The highest BCUT2D eigenvalue weighted by atomic mass is 15.2. The standard InChI is InChI=1S/C17H18N2/c1-2-6-13(7-3-1)19-16-9-5-4-8-14(16)15-12-18-11-10-17(15)19/h1-9,15,17-18H,10-12H2/t15-,17-/m1/s1. The van der Waals surface area contributed by atoms with E-state index in [1.807, 2.05) is 0 Å². The minimum Gasteiger partial charge on any atom is -0.337 e. The van der Waals surface area contributed by atoms with Crippen LogP contribution in [0.5, 0.6) is 0 Å². The number of nitrogens with zero attached hydrogens (tertiary/aromatic N) is 1. The van der Waals surface area contributed by atoms with Crippen molar-refractivity contribution in [1.29, 1.82) is 0 Å². The number of benzene rings is 2. The number of hydrogen-bond donors (Lipinski definition) is 1. The maximum Gasteiger partial charge on any atom is 0.0450 e. The van der Waals surface area contributed by atoms with E-state index in [0.717, 1.165) is 13.1 Å². The lowest BCUT2D eigenvalue weighted by atomic mass is 9.90. The van der Waals surface area contributed by atoms with Crippen molar-refractivity contribution in [3.63, 3.8) is 0 Å². The molecule has 0 aliphatic carbocycles. The Hall–Kier alpha value is -1.80. The molecule has 0 unspecified atom stereocenters. The topological polar surface area (TPSA) is 15.3 Å². The van der Waals surface area contributed by atoms with Crippen molar-refractivity contribution in [3.8, 4) is 0 Å². The number of nitrogens with one attached hydrogen (secondary N) is 1. The van der Waals surface area contributed by atoms with Gasteiger partial charge >= 0.3 is 0 Å². The molecule has 2 aromatic carbocycles. The smallest absolute Gasteiger partial charge is 0.0450 e. The van der Waals surface area contributed by atoms with E-state index in [4.69, 9.17) is 0 Å². The molecule has 1 fully saturated rings. The lowest BCUT2D eigenvalue weighted by molar-refractivity contribution is 0.419. The minimum atomic E-state index is 0.612. The van der Waals surface area contributed by atoms with E-state index in [-0.39, 0.29) is 0 Å². The minimum absolute atomic E-state index is 0.612. The third kappa shape index (κ3) is 1.67. The molecule has 0 amide bonds. The summed E-state index contributed by atoms with van der Waals surface area (Å²) in [5, 5.41) is 3.54. The summed E-state index contributed by atoms with van der Waals surface area (Å²) in [5.74, 6) is 0.630. The predicted molar refractivity (Wildman–Crippen MR) is 79.0 cm³/mol. The molecule has 2 nitrogen and oxygen atoms in total. The summed E-state index contributed by atoms with van der Waals surface area (Å²) >= 11 is 0. The molecule has 1 saturated heterocycles. The Labute approximate surface area is 114 Å². The van der Waals surface area contributed by atoms with Crippen LogP contribution in [0.25, 0.3) is 0 Å². The number of para-hydroxylation sites is 2. The maximum absolute atomic E-state index is 3.54. The predicted octanol–water partition coefficient (Wildman–Crippen LogP) is 3.28. The molecule has 96 valence electrons. The van der Waals surface area contributed by atoms with Gasteiger partial charge < -0.3 is 10.2 Å².